The lowest BCUT2D eigenvalue weighted by molar-refractivity contribution is -0.128. The minimum Gasteiger partial charge on any atom is -0.342 e. The van der Waals surface area contributed by atoms with E-state index in [4.69, 9.17) is 0 Å². The summed E-state index contributed by atoms with van der Waals surface area (Å²) in [7, 11) is 0. The van der Waals surface area contributed by atoms with Crippen LogP contribution in [0.2, 0.25) is 0 Å². The highest BCUT2D eigenvalue weighted by Crippen LogP contribution is 2.08. The lowest BCUT2D eigenvalue weighted by Gasteiger charge is -2.21. The number of unbranched alkanes of at least 4 members (excludes halogenated alkanes) is 12. The number of rotatable bonds is 19. The van der Waals surface area contributed by atoms with Crippen molar-refractivity contribution < 1.29 is 4.79 Å². The number of hydrogen-bond donors (Lipinski definition) is 1. The second kappa shape index (κ2) is 19.8. The van der Waals surface area contributed by atoms with Crippen molar-refractivity contribution in [2.45, 2.75) is 111 Å². The van der Waals surface area contributed by atoms with Crippen LogP contribution in [0.5, 0.6) is 0 Å². The minimum absolute atomic E-state index is 0.226. The molecule has 0 aliphatic rings. The maximum absolute atomic E-state index is 11.7. The van der Waals surface area contributed by atoms with E-state index in [1.807, 2.05) is 4.90 Å². The molecule has 3 heteroatoms. The van der Waals surface area contributed by atoms with Gasteiger partial charge >= 0.3 is 0 Å². The van der Waals surface area contributed by atoms with Crippen LogP contribution in [0.15, 0.2) is 0 Å². The molecule has 0 unspecified atom stereocenters. The van der Waals surface area contributed by atoms with E-state index in [2.05, 4.69) is 19.2 Å². The van der Waals surface area contributed by atoms with Gasteiger partial charge in [-0.2, -0.15) is 0 Å². The predicted octanol–water partition coefficient (Wildman–Crippen LogP) is 5.93. The standard InChI is InChI=1S/C22H46N2O/c1-4-6-8-10-12-14-16-18-23-19-21-24(22(3)25)20-17-15-13-11-9-7-5-2/h23H,4-21H2,1-3H3. The third kappa shape index (κ3) is 18.0. The van der Waals surface area contributed by atoms with Crippen molar-refractivity contribution in [1.29, 1.82) is 0 Å². The van der Waals surface area contributed by atoms with Crippen LogP contribution in [0.25, 0.3) is 0 Å². The van der Waals surface area contributed by atoms with Crippen molar-refractivity contribution in [3.8, 4) is 0 Å². The second-order valence-electron chi connectivity index (χ2n) is 7.50. The summed E-state index contributed by atoms with van der Waals surface area (Å²) >= 11 is 0. The van der Waals surface area contributed by atoms with Gasteiger partial charge in [0.25, 0.3) is 0 Å². The molecule has 0 aliphatic carbocycles. The maximum atomic E-state index is 11.7. The number of nitrogens with one attached hydrogen (secondary N) is 1. The quantitative estimate of drug-likeness (QED) is 0.292. The van der Waals surface area contributed by atoms with Gasteiger partial charge in [0.2, 0.25) is 5.91 Å². The maximum Gasteiger partial charge on any atom is 0.219 e. The molecular weight excluding hydrogens is 308 g/mol. The number of carbonyl (C=O) groups is 1. The number of nitrogens with zero attached hydrogens (tertiary/aromatic N) is 1. The van der Waals surface area contributed by atoms with Gasteiger partial charge in [-0.1, -0.05) is 90.9 Å². The molecule has 0 saturated carbocycles. The van der Waals surface area contributed by atoms with E-state index in [0.717, 1.165) is 32.6 Å². The molecule has 0 rings (SSSR count). The fourth-order valence-electron chi connectivity index (χ4n) is 3.23. The summed E-state index contributed by atoms with van der Waals surface area (Å²) in [6.45, 7) is 10.1. The fraction of sp³-hybridized carbons (Fsp3) is 0.955. The third-order valence-corrected chi connectivity index (χ3v) is 4.99. The summed E-state index contributed by atoms with van der Waals surface area (Å²) in [5.74, 6) is 0.226. The molecule has 0 aromatic rings. The van der Waals surface area contributed by atoms with Gasteiger partial charge in [0.15, 0.2) is 0 Å². The van der Waals surface area contributed by atoms with Crippen molar-refractivity contribution >= 4 is 5.91 Å². The SMILES string of the molecule is CCCCCCCCCNCCN(CCCCCCCCC)C(C)=O. The molecule has 25 heavy (non-hydrogen) atoms. The van der Waals surface area contributed by atoms with Gasteiger partial charge in [-0.25, -0.2) is 0 Å². The first-order chi connectivity index (χ1) is 12.2. The van der Waals surface area contributed by atoms with E-state index in [1.54, 1.807) is 6.92 Å². The zero-order valence-electron chi connectivity index (χ0n) is 17.6. The Hall–Kier alpha value is -0.570. The van der Waals surface area contributed by atoms with Gasteiger partial charge in [-0.15, -0.1) is 0 Å². The van der Waals surface area contributed by atoms with Gasteiger partial charge in [-0.05, 0) is 19.4 Å². The molecule has 0 aromatic carbocycles. The molecule has 0 radical (unpaired) electrons. The smallest absolute Gasteiger partial charge is 0.219 e. The normalized spacial score (nSPS) is 11.0. The molecule has 1 amide bonds. The van der Waals surface area contributed by atoms with E-state index in [-0.39, 0.29) is 5.91 Å². The van der Waals surface area contributed by atoms with Crippen molar-refractivity contribution in [3.63, 3.8) is 0 Å². The number of hydrogen-bond acceptors (Lipinski definition) is 2. The Labute approximate surface area is 158 Å². The molecule has 0 spiro atoms. The Morgan fingerprint density at radius 1 is 0.640 bits per heavy atom. The van der Waals surface area contributed by atoms with Crippen LogP contribution in [-0.4, -0.2) is 37.0 Å². The molecule has 0 aromatic heterocycles. The van der Waals surface area contributed by atoms with Crippen LogP contribution in [0.3, 0.4) is 0 Å². The molecular formula is C22H46N2O. The largest absolute Gasteiger partial charge is 0.342 e. The molecule has 0 aliphatic heterocycles. The van der Waals surface area contributed by atoms with Crippen LogP contribution in [0.1, 0.15) is 111 Å². The van der Waals surface area contributed by atoms with E-state index < -0.39 is 0 Å². The number of amides is 1. The summed E-state index contributed by atoms with van der Waals surface area (Å²) in [4.78, 5) is 13.8. The summed E-state index contributed by atoms with van der Waals surface area (Å²) < 4.78 is 0. The van der Waals surface area contributed by atoms with Crippen molar-refractivity contribution in [3.05, 3.63) is 0 Å². The van der Waals surface area contributed by atoms with Crippen LogP contribution < -0.4 is 5.32 Å². The molecule has 0 bridgehead atoms. The van der Waals surface area contributed by atoms with E-state index >= 15 is 0 Å². The lowest BCUT2D eigenvalue weighted by atomic mass is 10.1. The van der Waals surface area contributed by atoms with Gasteiger partial charge in [0.05, 0.1) is 0 Å². The summed E-state index contributed by atoms with van der Waals surface area (Å²) in [6, 6.07) is 0. The van der Waals surface area contributed by atoms with Crippen molar-refractivity contribution in [2.75, 3.05) is 26.2 Å². The van der Waals surface area contributed by atoms with E-state index in [9.17, 15) is 4.79 Å². The van der Waals surface area contributed by atoms with Crippen molar-refractivity contribution in [2.24, 2.45) is 0 Å². The molecule has 0 fully saturated rings. The van der Waals surface area contributed by atoms with Gasteiger partial charge in [-0.3, -0.25) is 4.79 Å². The Balaban J connectivity index is 3.46. The molecule has 3 nitrogen and oxygen atoms in total. The molecule has 0 atom stereocenters. The summed E-state index contributed by atoms with van der Waals surface area (Å²) in [5, 5.41) is 3.50. The molecule has 0 heterocycles. The zero-order valence-corrected chi connectivity index (χ0v) is 17.6. The van der Waals surface area contributed by atoms with Crippen LogP contribution in [0.4, 0.5) is 0 Å². The highest BCUT2D eigenvalue weighted by atomic mass is 16.2. The third-order valence-electron chi connectivity index (χ3n) is 4.99. The Morgan fingerprint density at radius 2 is 1.12 bits per heavy atom. The molecule has 0 saturated heterocycles. The highest BCUT2D eigenvalue weighted by Gasteiger charge is 2.07. The second-order valence-corrected chi connectivity index (χ2v) is 7.50. The molecule has 150 valence electrons. The van der Waals surface area contributed by atoms with Crippen LogP contribution in [-0.2, 0) is 4.79 Å². The average Bonchev–Trinajstić information content (AvgIpc) is 2.60. The van der Waals surface area contributed by atoms with E-state index in [1.165, 1.54) is 83.5 Å². The van der Waals surface area contributed by atoms with E-state index in [0.29, 0.717) is 0 Å². The van der Waals surface area contributed by atoms with Crippen LogP contribution >= 0.6 is 0 Å². The van der Waals surface area contributed by atoms with Crippen LogP contribution in [0, 0.1) is 0 Å². The van der Waals surface area contributed by atoms with Gasteiger partial charge in [0, 0.05) is 26.6 Å². The zero-order chi connectivity index (χ0) is 18.6. The van der Waals surface area contributed by atoms with Crippen molar-refractivity contribution in [1.82, 2.24) is 10.2 Å². The van der Waals surface area contributed by atoms with Gasteiger partial charge in [0.1, 0.15) is 0 Å². The first-order valence-corrected chi connectivity index (χ1v) is 11.2. The monoisotopic (exact) mass is 354 g/mol. The summed E-state index contributed by atoms with van der Waals surface area (Å²) in [6.07, 6.45) is 18.6. The Bertz CT molecular complexity index is 281. The first kappa shape index (κ1) is 24.4. The van der Waals surface area contributed by atoms with Gasteiger partial charge < -0.3 is 10.2 Å². The lowest BCUT2D eigenvalue weighted by Crippen LogP contribution is -2.36. The Kier molecular flexibility index (Phi) is 19.3. The number of carbonyl (C=O) groups excluding carboxylic acids is 1. The predicted molar refractivity (Wildman–Crippen MR) is 111 cm³/mol. The Morgan fingerprint density at radius 3 is 1.64 bits per heavy atom. The summed E-state index contributed by atoms with van der Waals surface area (Å²) in [5.41, 5.74) is 0. The minimum atomic E-state index is 0.226. The first-order valence-electron chi connectivity index (χ1n) is 11.2. The average molecular weight is 355 g/mol. The molecule has 1 N–H and O–H groups in total. The highest BCUT2D eigenvalue weighted by molar-refractivity contribution is 5.73. The fourth-order valence-corrected chi connectivity index (χ4v) is 3.23. The topological polar surface area (TPSA) is 32.3 Å².